The fourth-order valence-electron chi connectivity index (χ4n) is 0.0754. The number of halogens is 2. The molecule has 3 nitrogen and oxygen atoms in total. The summed E-state index contributed by atoms with van der Waals surface area (Å²) in [6.45, 7) is 1.28. The zero-order valence-electron chi connectivity index (χ0n) is 4.15. The highest BCUT2D eigenvalue weighted by atomic mass is 35.5. The molecule has 1 atom stereocenters. The van der Waals surface area contributed by atoms with Crippen LogP contribution in [0.3, 0.4) is 0 Å². The zero-order chi connectivity index (χ0) is 6.78. The predicted molar refractivity (Wildman–Crippen MR) is 30.4 cm³/mol. The minimum Gasteiger partial charge on any atom is -0.344 e. The standard InChI is InChI=1S/C3H5Cl2NO2/c1-3(4,6)2(7)8-5/h6H2,1H3/t3-/m1/s1. The Morgan fingerprint density at radius 3 is 2.25 bits per heavy atom. The number of alkyl halides is 1. The van der Waals surface area contributed by atoms with Gasteiger partial charge >= 0.3 is 5.97 Å². The van der Waals surface area contributed by atoms with Gasteiger partial charge in [-0.2, -0.15) is 0 Å². The summed E-state index contributed by atoms with van der Waals surface area (Å²) in [5, 5.41) is 0. The van der Waals surface area contributed by atoms with Crippen LogP contribution in [0, 0.1) is 0 Å². The Balaban J connectivity index is 3.82. The summed E-state index contributed by atoms with van der Waals surface area (Å²) in [6, 6.07) is 0. The van der Waals surface area contributed by atoms with Gasteiger partial charge in [0, 0.05) is 0 Å². The van der Waals surface area contributed by atoms with Crippen LogP contribution >= 0.6 is 23.5 Å². The highest BCUT2D eigenvalue weighted by Gasteiger charge is 2.26. The molecule has 0 bridgehead atoms. The van der Waals surface area contributed by atoms with Crippen LogP contribution in [0.5, 0.6) is 0 Å². The van der Waals surface area contributed by atoms with E-state index in [0.29, 0.717) is 0 Å². The first kappa shape index (κ1) is 8.01. The number of carbonyl (C=O) groups excluding carboxylic acids is 1. The smallest absolute Gasteiger partial charge is 0.344 e. The van der Waals surface area contributed by atoms with Crippen molar-refractivity contribution in [1.82, 2.24) is 0 Å². The zero-order valence-corrected chi connectivity index (χ0v) is 5.66. The molecule has 0 aromatic rings. The fraction of sp³-hybridized carbons (Fsp3) is 0.667. The Kier molecular flexibility index (Phi) is 2.53. The van der Waals surface area contributed by atoms with E-state index in [9.17, 15) is 4.79 Å². The van der Waals surface area contributed by atoms with Crippen LogP contribution < -0.4 is 5.73 Å². The van der Waals surface area contributed by atoms with E-state index < -0.39 is 11.0 Å². The van der Waals surface area contributed by atoms with Crippen molar-refractivity contribution in [1.29, 1.82) is 0 Å². The van der Waals surface area contributed by atoms with Gasteiger partial charge in [0.15, 0.2) is 5.00 Å². The van der Waals surface area contributed by atoms with Gasteiger partial charge in [0.1, 0.15) is 11.9 Å². The molecular formula is C3H5Cl2NO2. The van der Waals surface area contributed by atoms with E-state index in [0.717, 1.165) is 0 Å². The Hall–Kier alpha value is 0.01000. The van der Waals surface area contributed by atoms with Crippen molar-refractivity contribution in [3.63, 3.8) is 0 Å². The van der Waals surface area contributed by atoms with E-state index in [-0.39, 0.29) is 0 Å². The first-order valence-electron chi connectivity index (χ1n) is 1.79. The molecule has 2 N–H and O–H groups in total. The average molecular weight is 158 g/mol. The molecule has 8 heavy (non-hydrogen) atoms. The van der Waals surface area contributed by atoms with Crippen molar-refractivity contribution >= 4 is 29.4 Å². The van der Waals surface area contributed by atoms with Crippen molar-refractivity contribution < 1.29 is 9.08 Å². The molecule has 0 saturated heterocycles. The van der Waals surface area contributed by atoms with Crippen molar-refractivity contribution in [2.75, 3.05) is 0 Å². The second kappa shape index (κ2) is 2.53. The molecule has 0 rings (SSSR count). The van der Waals surface area contributed by atoms with Crippen LogP contribution in [-0.2, 0) is 9.08 Å². The molecule has 0 aromatic heterocycles. The second-order valence-electron chi connectivity index (χ2n) is 1.44. The summed E-state index contributed by atoms with van der Waals surface area (Å²) in [5.41, 5.74) is 5.00. The maximum absolute atomic E-state index is 10.2. The summed E-state index contributed by atoms with van der Waals surface area (Å²) in [6.07, 6.45) is 0. The first-order chi connectivity index (χ1) is 3.48. The van der Waals surface area contributed by atoms with Crippen molar-refractivity contribution in [2.24, 2.45) is 5.73 Å². The van der Waals surface area contributed by atoms with E-state index in [1.54, 1.807) is 0 Å². The van der Waals surface area contributed by atoms with E-state index in [1.807, 2.05) is 0 Å². The van der Waals surface area contributed by atoms with Crippen LogP contribution in [-0.4, -0.2) is 11.0 Å². The van der Waals surface area contributed by atoms with Gasteiger partial charge in [-0.25, -0.2) is 4.79 Å². The summed E-state index contributed by atoms with van der Waals surface area (Å²) in [4.78, 5) is 8.71. The third-order valence-electron chi connectivity index (χ3n) is 0.469. The SMILES string of the molecule is C[C@](N)(Cl)C(=O)OCl. The van der Waals surface area contributed by atoms with E-state index in [2.05, 4.69) is 16.2 Å². The third kappa shape index (κ3) is 2.35. The second-order valence-corrected chi connectivity index (χ2v) is 2.38. The predicted octanol–water partition coefficient (Wildman–Crippen LogP) is 0.597. The molecule has 0 fully saturated rings. The molecule has 0 radical (unpaired) electrons. The molecule has 0 unspecified atom stereocenters. The quantitative estimate of drug-likeness (QED) is 0.449. The Morgan fingerprint density at radius 2 is 2.25 bits per heavy atom. The van der Waals surface area contributed by atoms with Gasteiger partial charge in [-0.15, -0.1) is 0 Å². The van der Waals surface area contributed by atoms with Crippen LogP contribution in [0.25, 0.3) is 0 Å². The molecule has 0 saturated carbocycles. The molecule has 0 aromatic carbocycles. The van der Waals surface area contributed by atoms with Crippen molar-refractivity contribution in [3.8, 4) is 0 Å². The van der Waals surface area contributed by atoms with Crippen molar-refractivity contribution in [2.45, 2.75) is 11.9 Å². The summed E-state index contributed by atoms with van der Waals surface area (Å²) >= 11 is 9.83. The average Bonchev–Trinajstić information content (AvgIpc) is 1.62. The summed E-state index contributed by atoms with van der Waals surface area (Å²) < 4.78 is 3.69. The molecule has 0 amide bonds. The largest absolute Gasteiger partial charge is 0.359 e. The molecule has 0 aliphatic carbocycles. The van der Waals surface area contributed by atoms with E-state index in [1.165, 1.54) is 6.92 Å². The maximum atomic E-state index is 10.2. The van der Waals surface area contributed by atoms with Gasteiger partial charge < -0.3 is 10.0 Å². The minimum absolute atomic E-state index is 0.860. The number of rotatable bonds is 1. The van der Waals surface area contributed by atoms with Gasteiger partial charge in [0.2, 0.25) is 0 Å². The van der Waals surface area contributed by atoms with Crippen LogP contribution in [0.4, 0.5) is 0 Å². The first-order valence-corrected chi connectivity index (χ1v) is 2.48. The topological polar surface area (TPSA) is 52.3 Å². The molecule has 0 aliphatic rings. The highest BCUT2D eigenvalue weighted by molar-refractivity contribution is 6.34. The number of hydrogen-bond acceptors (Lipinski definition) is 3. The van der Waals surface area contributed by atoms with Crippen molar-refractivity contribution in [3.05, 3.63) is 0 Å². The summed E-state index contributed by atoms with van der Waals surface area (Å²) in [7, 11) is 0. The molecule has 0 aliphatic heterocycles. The minimum atomic E-state index is -1.51. The van der Waals surface area contributed by atoms with Crippen LogP contribution in [0.2, 0.25) is 0 Å². The molecule has 0 spiro atoms. The lowest BCUT2D eigenvalue weighted by molar-refractivity contribution is -0.136. The molecule has 0 heterocycles. The van der Waals surface area contributed by atoms with Gasteiger partial charge in [0.25, 0.3) is 0 Å². The van der Waals surface area contributed by atoms with E-state index >= 15 is 0 Å². The van der Waals surface area contributed by atoms with Gasteiger partial charge in [-0.05, 0) is 6.92 Å². The monoisotopic (exact) mass is 157 g/mol. The normalized spacial score (nSPS) is 17.0. The lowest BCUT2D eigenvalue weighted by Gasteiger charge is -2.08. The van der Waals surface area contributed by atoms with Gasteiger partial charge in [-0.1, -0.05) is 11.6 Å². The van der Waals surface area contributed by atoms with Gasteiger partial charge in [0.05, 0.1) is 0 Å². The Bertz CT molecular complexity index is 97.9. The highest BCUT2D eigenvalue weighted by Crippen LogP contribution is 2.07. The van der Waals surface area contributed by atoms with Crippen LogP contribution in [0.15, 0.2) is 0 Å². The maximum Gasteiger partial charge on any atom is 0.359 e. The number of carbonyl (C=O) groups is 1. The summed E-state index contributed by atoms with van der Waals surface area (Å²) in [5.74, 6) is -0.860. The molecular weight excluding hydrogens is 153 g/mol. The van der Waals surface area contributed by atoms with Crippen LogP contribution in [0.1, 0.15) is 6.92 Å². The molecule has 5 heteroatoms. The lowest BCUT2D eigenvalue weighted by Crippen LogP contribution is -2.38. The third-order valence-corrected chi connectivity index (χ3v) is 0.764. The Morgan fingerprint density at radius 1 is 1.88 bits per heavy atom. The fourth-order valence-corrected chi connectivity index (χ4v) is 0.314. The molecule has 48 valence electrons. The van der Waals surface area contributed by atoms with E-state index in [4.69, 9.17) is 17.3 Å². The van der Waals surface area contributed by atoms with Gasteiger partial charge in [-0.3, -0.25) is 0 Å². The number of nitrogens with two attached hydrogens (primary N) is 1. The Labute approximate surface area is 56.9 Å². The lowest BCUT2D eigenvalue weighted by atomic mass is 10.4. The number of hydrogen-bond donors (Lipinski definition) is 1.